The summed E-state index contributed by atoms with van der Waals surface area (Å²) in [5, 5.41) is 19.1. The number of hydrogen-bond acceptors (Lipinski definition) is 5. The minimum absolute atomic E-state index is 0.0391. The third-order valence-electron chi connectivity index (χ3n) is 2.85. The lowest BCUT2D eigenvalue weighted by molar-refractivity contribution is -0.147. The number of aliphatic hydroxyl groups is 1. The predicted octanol–water partition coefficient (Wildman–Crippen LogP) is 2.55. The number of ether oxygens (including phenoxy) is 1. The number of aliphatic hydroxyl groups excluding tert-OH is 1. The number of para-hydroxylation sites is 2. The lowest BCUT2D eigenvalue weighted by atomic mass is 10.2. The molecule has 0 aliphatic heterocycles. The van der Waals surface area contributed by atoms with Crippen molar-refractivity contribution in [2.24, 2.45) is 5.92 Å². The Balaban J connectivity index is 2.27. The molecule has 0 fully saturated rings. The minimum atomic E-state index is -0.441. The zero-order chi connectivity index (χ0) is 15.4. The number of aromatic nitrogens is 2. The first-order chi connectivity index (χ1) is 10.0. The lowest BCUT2D eigenvalue weighted by Gasteiger charge is -2.07. The largest absolute Gasteiger partial charge is 0.507 e. The number of carbonyl (C=O) groups excluding carboxylic acids is 1. The van der Waals surface area contributed by atoms with Gasteiger partial charge in [-0.1, -0.05) is 26.0 Å². The highest BCUT2D eigenvalue weighted by molar-refractivity contribution is 5.83. The van der Waals surface area contributed by atoms with Crippen molar-refractivity contribution in [1.29, 1.82) is 5.26 Å². The van der Waals surface area contributed by atoms with Crippen molar-refractivity contribution < 1.29 is 14.6 Å². The molecule has 1 aromatic carbocycles. The Morgan fingerprint density at radius 1 is 1.48 bits per heavy atom. The van der Waals surface area contributed by atoms with Crippen LogP contribution in [0.5, 0.6) is 0 Å². The highest BCUT2D eigenvalue weighted by Gasteiger charge is 2.15. The summed E-state index contributed by atoms with van der Waals surface area (Å²) < 4.78 is 4.90. The molecular weight excluding hydrogens is 270 g/mol. The van der Waals surface area contributed by atoms with Crippen molar-refractivity contribution in [3.8, 4) is 6.07 Å². The fourth-order valence-electron chi connectivity index (χ4n) is 1.70. The Labute approximate surface area is 121 Å². The number of allylic oxidation sites excluding steroid dienone is 1. The number of hydrogen-bond donors (Lipinski definition) is 2. The maximum Gasteiger partial charge on any atom is 0.308 e. The van der Waals surface area contributed by atoms with Crippen LogP contribution < -0.4 is 0 Å². The van der Waals surface area contributed by atoms with Crippen LogP contribution in [0.2, 0.25) is 0 Å². The molecular formula is C15H15N3O3. The number of rotatable bonds is 4. The Morgan fingerprint density at radius 2 is 2.19 bits per heavy atom. The highest BCUT2D eigenvalue weighted by atomic mass is 16.5. The second kappa shape index (κ2) is 6.09. The van der Waals surface area contributed by atoms with Gasteiger partial charge < -0.3 is 14.8 Å². The van der Waals surface area contributed by atoms with E-state index in [2.05, 4.69) is 9.97 Å². The van der Waals surface area contributed by atoms with E-state index in [1.165, 1.54) is 0 Å². The van der Waals surface area contributed by atoms with E-state index in [9.17, 15) is 15.2 Å². The van der Waals surface area contributed by atoms with Gasteiger partial charge >= 0.3 is 5.97 Å². The summed E-state index contributed by atoms with van der Waals surface area (Å²) in [5.41, 5.74) is 1.40. The molecule has 0 amide bonds. The minimum Gasteiger partial charge on any atom is -0.507 e. The first kappa shape index (κ1) is 14.6. The maximum absolute atomic E-state index is 11.4. The number of imidazole rings is 1. The van der Waals surface area contributed by atoms with E-state index in [-0.39, 0.29) is 29.7 Å². The Bertz CT molecular complexity index is 705. The van der Waals surface area contributed by atoms with Crippen molar-refractivity contribution in [3.05, 3.63) is 35.8 Å². The first-order valence-electron chi connectivity index (χ1n) is 6.47. The number of carbonyl (C=O) groups is 1. The molecule has 108 valence electrons. The van der Waals surface area contributed by atoms with Crippen molar-refractivity contribution in [1.82, 2.24) is 9.97 Å². The van der Waals surface area contributed by atoms with Crippen LogP contribution in [0.3, 0.4) is 0 Å². The molecule has 6 nitrogen and oxygen atoms in total. The lowest BCUT2D eigenvalue weighted by Crippen LogP contribution is -2.14. The Kier molecular flexibility index (Phi) is 4.24. The van der Waals surface area contributed by atoms with Gasteiger partial charge in [0.25, 0.3) is 0 Å². The summed E-state index contributed by atoms with van der Waals surface area (Å²) in [4.78, 5) is 18.6. The van der Waals surface area contributed by atoms with Crippen LogP contribution in [0.25, 0.3) is 16.6 Å². The molecule has 0 saturated carbocycles. The second-order valence-electron chi connectivity index (χ2n) is 4.80. The molecule has 6 heteroatoms. The number of H-pyrrole nitrogens is 1. The summed E-state index contributed by atoms with van der Waals surface area (Å²) in [5.74, 6) is -0.819. The normalized spacial score (nSPS) is 12.1. The van der Waals surface area contributed by atoms with Crippen molar-refractivity contribution in [2.45, 2.75) is 13.8 Å². The highest BCUT2D eigenvalue weighted by Crippen LogP contribution is 2.18. The molecule has 2 rings (SSSR count). The standard InChI is InChI=1S/C15H15N3O3/c1-9(2)15(20)21-8-13(19)10(7-16)14-17-11-5-3-4-6-12(11)18-14/h3-6,9,19H,8H2,1-2H3,(H,17,18)/b13-10-. The second-order valence-corrected chi connectivity index (χ2v) is 4.80. The molecule has 0 saturated heterocycles. The van der Waals surface area contributed by atoms with Gasteiger partial charge in [-0.3, -0.25) is 4.79 Å². The van der Waals surface area contributed by atoms with E-state index < -0.39 is 5.97 Å². The van der Waals surface area contributed by atoms with Crippen LogP contribution in [0.1, 0.15) is 19.7 Å². The predicted molar refractivity (Wildman–Crippen MR) is 77.1 cm³/mol. The number of fused-ring (bicyclic) bond motifs is 1. The van der Waals surface area contributed by atoms with Crippen LogP contribution in [0.15, 0.2) is 30.0 Å². The van der Waals surface area contributed by atoms with Crippen LogP contribution in [0.4, 0.5) is 0 Å². The van der Waals surface area contributed by atoms with E-state index >= 15 is 0 Å². The van der Waals surface area contributed by atoms with Crippen molar-refractivity contribution >= 4 is 22.6 Å². The molecule has 0 spiro atoms. The van der Waals surface area contributed by atoms with Crippen LogP contribution in [-0.2, 0) is 9.53 Å². The Hall–Kier alpha value is -2.81. The number of benzene rings is 1. The van der Waals surface area contributed by atoms with Crippen molar-refractivity contribution in [2.75, 3.05) is 6.61 Å². The molecule has 1 heterocycles. The molecule has 0 bridgehead atoms. The molecule has 0 aliphatic carbocycles. The van der Waals surface area contributed by atoms with Gasteiger partial charge in [0.15, 0.2) is 11.6 Å². The third-order valence-corrected chi connectivity index (χ3v) is 2.85. The monoisotopic (exact) mass is 285 g/mol. The molecule has 1 aromatic heterocycles. The van der Waals surface area contributed by atoms with Gasteiger partial charge in [0.05, 0.1) is 17.0 Å². The number of nitriles is 1. The molecule has 0 radical (unpaired) electrons. The number of nitrogens with zero attached hydrogens (tertiary/aromatic N) is 2. The van der Waals surface area contributed by atoms with E-state index in [4.69, 9.17) is 4.74 Å². The van der Waals surface area contributed by atoms with Gasteiger partial charge in [-0.15, -0.1) is 0 Å². The van der Waals surface area contributed by atoms with Gasteiger partial charge in [0.2, 0.25) is 0 Å². The van der Waals surface area contributed by atoms with E-state index in [1.807, 2.05) is 24.3 Å². The topological polar surface area (TPSA) is 99.0 Å². The molecule has 2 aromatic rings. The third kappa shape index (κ3) is 3.20. The quantitative estimate of drug-likeness (QED) is 0.511. The van der Waals surface area contributed by atoms with Gasteiger partial charge in [-0.2, -0.15) is 5.26 Å². The fraction of sp³-hybridized carbons (Fsp3) is 0.267. The van der Waals surface area contributed by atoms with Gasteiger partial charge in [0, 0.05) is 0 Å². The molecule has 2 N–H and O–H groups in total. The number of aromatic amines is 1. The first-order valence-corrected chi connectivity index (χ1v) is 6.47. The molecule has 21 heavy (non-hydrogen) atoms. The van der Waals surface area contributed by atoms with Crippen molar-refractivity contribution in [3.63, 3.8) is 0 Å². The number of nitrogens with one attached hydrogen (secondary N) is 1. The smallest absolute Gasteiger partial charge is 0.308 e. The fourth-order valence-corrected chi connectivity index (χ4v) is 1.70. The van der Waals surface area contributed by atoms with Crippen LogP contribution >= 0.6 is 0 Å². The summed E-state index contributed by atoms with van der Waals surface area (Å²) >= 11 is 0. The molecule has 0 unspecified atom stereocenters. The van der Waals surface area contributed by atoms with E-state index in [1.54, 1.807) is 19.9 Å². The zero-order valence-corrected chi connectivity index (χ0v) is 11.8. The summed E-state index contributed by atoms with van der Waals surface area (Å²) in [6, 6.07) is 9.15. The molecule has 0 aliphatic rings. The van der Waals surface area contributed by atoms with Crippen LogP contribution in [0, 0.1) is 17.2 Å². The van der Waals surface area contributed by atoms with E-state index in [0.717, 1.165) is 5.52 Å². The SMILES string of the molecule is CC(C)C(=O)OC/C(O)=C(\C#N)c1nc2ccccc2[nH]1. The summed E-state index contributed by atoms with van der Waals surface area (Å²) in [7, 11) is 0. The van der Waals surface area contributed by atoms with Gasteiger partial charge in [-0.05, 0) is 12.1 Å². The van der Waals surface area contributed by atoms with Gasteiger partial charge in [-0.25, -0.2) is 4.98 Å². The zero-order valence-electron chi connectivity index (χ0n) is 11.8. The van der Waals surface area contributed by atoms with Crippen LogP contribution in [-0.4, -0.2) is 27.7 Å². The average molecular weight is 285 g/mol. The molecule has 0 atom stereocenters. The number of esters is 1. The summed E-state index contributed by atoms with van der Waals surface area (Å²) in [6.45, 7) is 3.03. The van der Waals surface area contributed by atoms with Gasteiger partial charge in [0.1, 0.15) is 18.2 Å². The van der Waals surface area contributed by atoms with E-state index in [0.29, 0.717) is 5.52 Å². The summed E-state index contributed by atoms with van der Waals surface area (Å²) in [6.07, 6.45) is 0. The Morgan fingerprint density at radius 3 is 2.81 bits per heavy atom. The average Bonchev–Trinajstić information content (AvgIpc) is 2.88. The maximum atomic E-state index is 11.4.